The van der Waals surface area contributed by atoms with Gasteiger partial charge >= 0.3 is 12.2 Å². The summed E-state index contributed by atoms with van der Waals surface area (Å²) in [4.78, 5) is 7.89. The highest BCUT2D eigenvalue weighted by Gasteiger charge is 2.31. The Balaban J connectivity index is 1.94. The number of aryl methyl sites for hydroxylation is 1. The molecule has 0 fully saturated rings. The highest BCUT2D eigenvalue weighted by Crippen LogP contribution is 2.32. The molecule has 0 bridgehead atoms. The number of H-pyrrole nitrogens is 1. The van der Waals surface area contributed by atoms with Crippen molar-refractivity contribution in [3.8, 4) is 0 Å². The monoisotopic (exact) mass is 283 g/mol. The van der Waals surface area contributed by atoms with Crippen LogP contribution in [-0.2, 0) is 6.18 Å². The van der Waals surface area contributed by atoms with Crippen molar-refractivity contribution < 1.29 is 17.6 Å². The topological polar surface area (TPSA) is 79.6 Å². The minimum absolute atomic E-state index is 0.0262. The average Bonchev–Trinajstić information content (AvgIpc) is 2.93. The van der Waals surface area contributed by atoms with Crippen molar-refractivity contribution in [2.24, 2.45) is 0 Å². The molecule has 1 aromatic carbocycles. The maximum atomic E-state index is 12.6. The Morgan fingerprint density at radius 2 is 2.05 bits per heavy atom. The smallest absolute Gasteiger partial charge is 0.416 e. The standard InChI is InChI=1S/C11H8F3N5O/c1-5-15-9(19-18-5)17-10-16-7-4-6(11(12,13)14)2-3-8(7)20-10/h2-4H,1H3,(H2,15,16,17,18,19). The van der Waals surface area contributed by atoms with Gasteiger partial charge in [0.2, 0.25) is 5.95 Å². The third-order valence-corrected chi connectivity index (χ3v) is 2.53. The molecule has 0 saturated carbocycles. The number of benzene rings is 1. The van der Waals surface area contributed by atoms with E-state index in [-0.39, 0.29) is 23.1 Å². The third-order valence-electron chi connectivity index (χ3n) is 2.53. The number of alkyl halides is 3. The molecule has 20 heavy (non-hydrogen) atoms. The first-order valence-electron chi connectivity index (χ1n) is 5.55. The van der Waals surface area contributed by atoms with Gasteiger partial charge in [0.1, 0.15) is 11.3 Å². The van der Waals surface area contributed by atoms with Crippen LogP contribution < -0.4 is 5.32 Å². The lowest BCUT2D eigenvalue weighted by atomic mass is 10.2. The number of hydrogen-bond donors (Lipinski definition) is 2. The molecule has 0 radical (unpaired) electrons. The summed E-state index contributed by atoms with van der Waals surface area (Å²) >= 11 is 0. The molecule has 0 unspecified atom stereocenters. The van der Waals surface area contributed by atoms with E-state index in [0.29, 0.717) is 5.82 Å². The molecule has 3 aromatic rings. The molecule has 2 N–H and O–H groups in total. The molecule has 3 rings (SSSR count). The fourth-order valence-corrected chi connectivity index (χ4v) is 1.65. The summed E-state index contributed by atoms with van der Waals surface area (Å²) in [6.07, 6.45) is -4.42. The predicted molar refractivity (Wildman–Crippen MR) is 63.4 cm³/mol. The van der Waals surface area contributed by atoms with Crippen LogP contribution in [0, 0.1) is 6.92 Å². The summed E-state index contributed by atoms with van der Waals surface area (Å²) in [6, 6.07) is 3.11. The number of nitrogens with zero attached hydrogens (tertiary/aromatic N) is 3. The maximum Gasteiger partial charge on any atom is 0.416 e. The highest BCUT2D eigenvalue weighted by atomic mass is 19.4. The van der Waals surface area contributed by atoms with Crippen LogP contribution in [0.3, 0.4) is 0 Å². The van der Waals surface area contributed by atoms with E-state index in [1.165, 1.54) is 6.07 Å². The Hall–Kier alpha value is -2.58. The quantitative estimate of drug-likeness (QED) is 0.755. The highest BCUT2D eigenvalue weighted by molar-refractivity contribution is 5.75. The van der Waals surface area contributed by atoms with E-state index in [1.807, 2.05) is 0 Å². The van der Waals surface area contributed by atoms with Gasteiger partial charge in [0, 0.05) is 0 Å². The molecule has 0 spiro atoms. The van der Waals surface area contributed by atoms with Gasteiger partial charge in [-0.2, -0.15) is 23.1 Å². The molecular weight excluding hydrogens is 275 g/mol. The zero-order chi connectivity index (χ0) is 14.3. The van der Waals surface area contributed by atoms with Crippen LogP contribution in [0.5, 0.6) is 0 Å². The van der Waals surface area contributed by atoms with E-state index in [4.69, 9.17) is 4.42 Å². The lowest BCUT2D eigenvalue weighted by molar-refractivity contribution is -0.137. The summed E-state index contributed by atoms with van der Waals surface area (Å²) in [7, 11) is 0. The molecular formula is C11H8F3N5O. The Kier molecular flexibility index (Phi) is 2.63. The van der Waals surface area contributed by atoms with Crippen LogP contribution in [0.15, 0.2) is 22.6 Å². The third kappa shape index (κ3) is 2.29. The number of oxazole rings is 1. The predicted octanol–water partition coefficient (Wildman–Crippen LogP) is 3.02. The molecule has 104 valence electrons. The van der Waals surface area contributed by atoms with Crippen molar-refractivity contribution in [1.82, 2.24) is 20.2 Å². The number of fused-ring (bicyclic) bond motifs is 1. The van der Waals surface area contributed by atoms with Gasteiger partial charge < -0.3 is 4.42 Å². The van der Waals surface area contributed by atoms with Gasteiger partial charge in [0.05, 0.1) is 5.56 Å². The summed E-state index contributed by atoms with van der Waals surface area (Å²) in [5.74, 6) is 0.813. The van der Waals surface area contributed by atoms with Crippen molar-refractivity contribution in [3.05, 3.63) is 29.6 Å². The van der Waals surface area contributed by atoms with Crippen molar-refractivity contribution in [2.75, 3.05) is 5.32 Å². The molecule has 0 atom stereocenters. The summed E-state index contributed by atoms with van der Waals surface area (Å²) in [6.45, 7) is 1.71. The molecule has 6 nitrogen and oxygen atoms in total. The van der Waals surface area contributed by atoms with Gasteiger partial charge in [-0.25, -0.2) is 0 Å². The molecule has 0 aliphatic carbocycles. The molecule has 2 aromatic heterocycles. The summed E-state index contributed by atoms with van der Waals surface area (Å²) < 4.78 is 43.0. The average molecular weight is 283 g/mol. The van der Waals surface area contributed by atoms with Gasteiger partial charge in [0.25, 0.3) is 0 Å². The fourth-order valence-electron chi connectivity index (χ4n) is 1.65. The summed E-state index contributed by atoms with van der Waals surface area (Å²) in [5.41, 5.74) is -0.430. The van der Waals surface area contributed by atoms with Gasteiger partial charge in [0.15, 0.2) is 5.58 Å². The van der Waals surface area contributed by atoms with E-state index in [2.05, 4.69) is 25.5 Å². The van der Waals surface area contributed by atoms with Gasteiger partial charge in [-0.15, -0.1) is 5.10 Å². The Morgan fingerprint density at radius 1 is 1.25 bits per heavy atom. The Morgan fingerprint density at radius 3 is 2.70 bits per heavy atom. The van der Waals surface area contributed by atoms with E-state index in [1.54, 1.807) is 6.92 Å². The van der Waals surface area contributed by atoms with Crippen LogP contribution in [-0.4, -0.2) is 20.2 Å². The minimum Gasteiger partial charge on any atom is -0.423 e. The van der Waals surface area contributed by atoms with Crippen molar-refractivity contribution >= 4 is 23.1 Å². The molecule has 0 aliphatic heterocycles. The molecule has 0 amide bonds. The van der Waals surface area contributed by atoms with Crippen LogP contribution >= 0.6 is 0 Å². The van der Waals surface area contributed by atoms with Gasteiger partial charge in [-0.05, 0) is 25.1 Å². The Labute approximate surface area is 110 Å². The van der Waals surface area contributed by atoms with Crippen molar-refractivity contribution in [3.63, 3.8) is 0 Å². The van der Waals surface area contributed by atoms with E-state index in [9.17, 15) is 13.2 Å². The number of rotatable bonds is 2. The molecule has 0 saturated heterocycles. The Bertz CT molecular complexity index is 761. The van der Waals surface area contributed by atoms with E-state index in [0.717, 1.165) is 12.1 Å². The van der Waals surface area contributed by atoms with E-state index < -0.39 is 11.7 Å². The zero-order valence-corrected chi connectivity index (χ0v) is 10.1. The second kappa shape index (κ2) is 4.22. The largest absolute Gasteiger partial charge is 0.423 e. The summed E-state index contributed by atoms with van der Waals surface area (Å²) in [5, 5.41) is 9.08. The maximum absolute atomic E-state index is 12.6. The van der Waals surface area contributed by atoms with Gasteiger partial charge in [-0.3, -0.25) is 10.4 Å². The number of nitrogens with one attached hydrogen (secondary N) is 2. The first-order valence-corrected chi connectivity index (χ1v) is 5.55. The SMILES string of the molecule is Cc1nc(Nc2nc3cc(C(F)(F)F)ccc3o2)n[nH]1. The van der Waals surface area contributed by atoms with Crippen LogP contribution in [0.25, 0.3) is 11.1 Å². The number of aromatic amines is 1. The number of aromatic nitrogens is 4. The fraction of sp³-hybridized carbons (Fsp3) is 0.182. The molecule has 0 aliphatic rings. The second-order valence-corrected chi connectivity index (χ2v) is 4.07. The van der Waals surface area contributed by atoms with Crippen LogP contribution in [0.2, 0.25) is 0 Å². The lowest BCUT2D eigenvalue weighted by Gasteiger charge is -2.04. The van der Waals surface area contributed by atoms with Gasteiger partial charge in [-0.1, -0.05) is 0 Å². The zero-order valence-electron chi connectivity index (χ0n) is 10.1. The first kappa shape index (κ1) is 12.5. The van der Waals surface area contributed by atoms with Crippen molar-refractivity contribution in [2.45, 2.75) is 13.1 Å². The van der Waals surface area contributed by atoms with Crippen LogP contribution in [0.1, 0.15) is 11.4 Å². The number of hydrogen-bond acceptors (Lipinski definition) is 5. The minimum atomic E-state index is -4.42. The number of halogens is 3. The second-order valence-electron chi connectivity index (χ2n) is 4.07. The molecule has 9 heteroatoms. The normalized spacial score (nSPS) is 12.0. The van der Waals surface area contributed by atoms with E-state index >= 15 is 0 Å². The van der Waals surface area contributed by atoms with Crippen LogP contribution in [0.4, 0.5) is 25.1 Å². The van der Waals surface area contributed by atoms with Crippen molar-refractivity contribution in [1.29, 1.82) is 0 Å². The number of anilines is 2. The molecule has 2 heterocycles. The lowest BCUT2D eigenvalue weighted by Crippen LogP contribution is -2.03. The first-order chi connectivity index (χ1) is 9.41.